The van der Waals surface area contributed by atoms with Crippen molar-refractivity contribution in [2.75, 3.05) is 14.2 Å². The summed E-state index contributed by atoms with van der Waals surface area (Å²) in [6.45, 7) is 0. The highest BCUT2D eigenvalue weighted by molar-refractivity contribution is 7.09. The van der Waals surface area contributed by atoms with Crippen LogP contribution >= 0.6 is 11.3 Å². The van der Waals surface area contributed by atoms with Gasteiger partial charge in [0.2, 0.25) is 0 Å². The maximum absolute atomic E-state index is 11.4. The third kappa shape index (κ3) is 3.02. The average molecular weight is 229 g/mol. The standard InChI is InChI=1S/C9H11NO4S/c1-13-7(11)5-6(9(12)14-2)8-10-3-4-15-8/h3-4,6H,5H2,1-2H3. The summed E-state index contributed by atoms with van der Waals surface area (Å²) in [6, 6.07) is 0. The van der Waals surface area contributed by atoms with Crippen LogP contribution in [0.3, 0.4) is 0 Å². The summed E-state index contributed by atoms with van der Waals surface area (Å²) in [5, 5.41) is 2.30. The van der Waals surface area contributed by atoms with Crippen LogP contribution in [0.1, 0.15) is 17.3 Å². The predicted molar refractivity (Wildman–Crippen MR) is 53.5 cm³/mol. The van der Waals surface area contributed by atoms with Gasteiger partial charge in [-0.15, -0.1) is 11.3 Å². The van der Waals surface area contributed by atoms with Crippen molar-refractivity contribution >= 4 is 23.3 Å². The van der Waals surface area contributed by atoms with Crippen molar-refractivity contribution < 1.29 is 19.1 Å². The molecule has 0 aliphatic carbocycles. The molecule has 1 unspecified atom stereocenters. The molecule has 1 atom stereocenters. The van der Waals surface area contributed by atoms with E-state index in [1.54, 1.807) is 11.6 Å². The Morgan fingerprint density at radius 1 is 1.47 bits per heavy atom. The van der Waals surface area contributed by atoms with Crippen molar-refractivity contribution in [1.82, 2.24) is 4.98 Å². The van der Waals surface area contributed by atoms with Crippen molar-refractivity contribution in [1.29, 1.82) is 0 Å². The Morgan fingerprint density at radius 2 is 2.20 bits per heavy atom. The van der Waals surface area contributed by atoms with E-state index in [9.17, 15) is 9.59 Å². The zero-order valence-corrected chi connectivity index (χ0v) is 9.24. The van der Waals surface area contributed by atoms with Crippen LogP contribution in [0.25, 0.3) is 0 Å². The van der Waals surface area contributed by atoms with Gasteiger partial charge >= 0.3 is 11.9 Å². The first-order chi connectivity index (χ1) is 7.19. The third-order valence-corrected chi connectivity index (χ3v) is 2.72. The summed E-state index contributed by atoms with van der Waals surface area (Å²) in [6.07, 6.45) is 1.53. The van der Waals surface area contributed by atoms with Gasteiger partial charge in [0.25, 0.3) is 0 Å². The Bertz CT molecular complexity index is 336. The summed E-state index contributed by atoms with van der Waals surface area (Å²) in [5.41, 5.74) is 0. The third-order valence-electron chi connectivity index (χ3n) is 1.83. The van der Waals surface area contributed by atoms with Gasteiger partial charge in [-0.05, 0) is 0 Å². The van der Waals surface area contributed by atoms with E-state index >= 15 is 0 Å². The predicted octanol–water partition coefficient (Wildman–Crippen LogP) is 0.963. The highest BCUT2D eigenvalue weighted by Gasteiger charge is 2.27. The lowest BCUT2D eigenvalue weighted by molar-refractivity contribution is -0.149. The SMILES string of the molecule is COC(=O)CC(C(=O)OC)c1nccs1. The van der Waals surface area contributed by atoms with E-state index in [0.717, 1.165) is 0 Å². The molecule has 0 saturated heterocycles. The number of carbonyl (C=O) groups is 2. The Balaban J connectivity index is 2.79. The highest BCUT2D eigenvalue weighted by atomic mass is 32.1. The van der Waals surface area contributed by atoms with E-state index in [0.29, 0.717) is 5.01 Å². The fourth-order valence-electron chi connectivity index (χ4n) is 1.07. The van der Waals surface area contributed by atoms with E-state index in [1.165, 1.54) is 25.6 Å². The van der Waals surface area contributed by atoms with Gasteiger partial charge in [-0.2, -0.15) is 0 Å². The monoisotopic (exact) mass is 229 g/mol. The van der Waals surface area contributed by atoms with E-state index in [1.807, 2.05) is 0 Å². The highest BCUT2D eigenvalue weighted by Crippen LogP contribution is 2.23. The normalized spacial score (nSPS) is 11.9. The van der Waals surface area contributed by atoms with Crippen LogP contribution < -0.4 is 0 Å². The lowest BCUT2D eigenvalue weighted by atomic mass is 10.1. The van der Waals surface area contributed by atoms with Crippen LogP contribution in [0.15, 0.2) is 11.6 Å². The molecule has 5 nitrogen and oxygen atoms in total. The van der Waals surface area contributed by atoms with Crippen LogP contribution in [0, 0.1) is 0 Å². The number of hydrogen-bond donors (Lipinski definition) is 0. The second-order valence-electron chi connectivity index (χ2n) is 2.73. The first-order valence-electron chi connectivity index (χ1n) is 4.23. The number of esters is 2. The smallest absolute Gasteiger partial charge is 0.316 e. The quantitative estimate of drug-likeness (QED) is 0.719. The molecule has 1 aromatic heterocycles. The fourth-order valence-corrected chi connectivity index (χ4v) is 1.80. The molecule has 0 saturated carbocycles. The van der Waals surface area contributed by atoms with Crippen molar-refractivity contribution in [3.8, 4) is 0 Å². The number of thiazole rings is 1. The number of hydrogen-bond acceptors (Lipinski definition) is 6. The number of rotatable bonds is 4. The molecular formula is C9H11NO4S. The van der Waals surface area contributed by atoms with Crippen molar-refractivity contribution in [2.45, 2.75) is 12.3 Å². The van der Waals surface area contributed by atoms with Gasteiger partial charge in [0.1, 0.15) is 10.9 Å². The Hall–Kier alpha value is -1.43. The molecule has 0 bridgehead atoms. The molecule has 1 aromatic rings. The summed E-state index contributed by atoms with van der Waals surface area (Å²) in [7, 11) is 2.55. The topological polar surface area (TPSA) is 65.5 Å². The fraction of sp³-hybridized carbons (Fsp3) is 0.444. The maximum atomic E-state index is 11.4. The number of aromatic nitrogens is 1. The van der Waals surface area contributed by atoms with Gasteiger partial charge in [-0.25, -0.2) is 4.98 Å². The molecule has 0 fully saturated rings. The maximum Gasteiger partial charge on any atom is 0.316 e. The zero-order chi connectivity index (χ0) is 11.3. The second-order valence-corrected chi connectivity index (χ2v) is 3.65. The minimum atomic E-state index is -0.664. The zero-order valence-electron chi connectivity index (χ0n) is 8.43. The van der Waals surface area contributed by atoms with Crippen molar-refractivity contribution in [3.63, 3.8) is 0 Å². The van der Waals surface area contributed by atoms with Crippen molar-refractivity contribution in [2.24, 2.45) is 0 Å². The summed E-state index contributed by atoms with van der Waals surface area (Å²) in [5.74, 6) is -1.60. The molecule has 1 heterocycles. The minimum Gasteiger partial charge on any atom is -0.469 e. The van der Waals surface area contributed by atoms with Gasteiger partial charge in [0.05, 0.1) is 20.6 Å². The van der Waals surface area contributed by atoms with E-state index < -0.39 is 17.9 Å². The van der Waals surface area contributed by atoms with Gasteiger partial charge in [-0.3, -0.25) is 9.59 Å². The molecule has 82 valence electrons. The largest absolute Gasteiger partial charge is 0.469 e. The molecule has 0 aliphatic rings. The Morgan fingerprint density at radius 3 is 2.67 bits per heavy atom. The van der Waals surface area contributed by atoms with Gasteiger partial charge in [-0.1, -0.05) is 0 Å². The summed E-state index contributed by atoms with van der Waals surface area (Å²) >= 11 is 1.31. The molecule has 15 heavy (non-hydrogen) atoms. The molecule has 0 N–H and O–H groups in total. The Kier molecular flexibility index (Phi) is 4.23. The molecule has 0 spiro atoms. The van der Waals surface area contributed by atoms with Crippen molar-refractivity contribution in [3.05, 3.63) is 16.6 Å². The Labute approximate surface area is 91.0 Å². The number of methoxy groups -OCH3 is 2. The molecular weight excluding hydrogens is 218 g/mol. The second kappa shape index (κ2) is 5.45. The van der Waals surface area contributed by atoms with Gasteiger partial charge in [0.15, 0.2) is 0 Å². The molecule has 0 aliphatic heterocycles. The first kappa shape index (κ1) is 11.6. The van der Waals surface area contributed by atoms with Crippen LogP contribution in [0.4, 0.5) is 0 Å². The number of ether oxygens (including phenoxy) is 2. The lowest BCUT2D eigenvalue weighted by Crippen LogP contribution is -2.18. The average Bonchev–Trinajstić information content (AvgIpc) is 2.77. The van der Waals surface area contributed by atoms with Crippen LogP contribution in [-0.4, -0.2) is 31.1 Å². The minimum absolute atomic E-state index is 0.0450. The van der Waals surface area contributed by atoms with Crippen LogP contribution in [0.2, 0.25) is 0 Å². The summed E-state index contributed by atoms with van der Waals surface area (Å²) < 4.78 is 9.11. The van der Waals surface area contributed by atoms with E-state index in [2.05, 4.69) is 14.5 Å². The molecule has 0 radical (unpaired) electrons. The molecule has 0 amide bonds. The first-order valence-corrected chi connectivity index (χ1v) is 5.11. The number of carbonyl (C=O) groups excluding carboxylic acids is 2. The van der Waals surface area contributed by atoms with E-state index in [-0.39, 0.29) is 6.42 Å². The van der Waals surface area contributed by atoms with E-state index in [4.69, 9.17) is 0 Å². The van der Waals surface area contributed by atoms with Gasteiger partial charge in [0, 0.05) is 11.6 Å². The van der Waals surface area contributed by atoms with Crippen LogP contribution in [-0.2, 0) is 19.1 Å². The molecule has 1 rings (SSSR count). The number of nitrogens with zero attached hydrogens (tertiary/aromatic N) is 1. The summed E-state index contributed by atoms with van der Waals surface area (Å²) in [4.78, 5) is 26.5. The van der Waals surface area contributed by atoms with Gasteiger partial charge < -0.3 is 9.47 Å². The lowest BCUT2D eigenvalue weighted by Gasteiger charge is -2.09. The molecule has 6 heteroatoms. The van der Waals surface area contributed by atoms with Crippen LogP contribution in [0.5, 0.6) is 0 Å². The molecule has 0 aromatic carbocycles.